The molecule has 0 saturated carbocycles. The first-order chi connectivity index (χ1) is 9.72. The van der Waals surface area contributed by atoms with Crippen LogP contribution in [-0.2, 0) is 0 Å². The monoisotopic (exact) mass is 291 g/mol. The van der Waals surface area contributed by atoms with Gasteiger partial charge in [0.05, 0.1) is 29.4 Å². The molecule has 106 valence electrons. The number of pyridine rings is 1. The SMILES string of the molecule is CCC(CO)Nc1ccc(NC(=O)c2cccs2)cn1. The van der Waals surface area contributed by atoms with E-state index >= 15 is 0 Å². The average Bonchev–Trinajstić information content (AvgIpc) is 3.01. The van der Waals surface area contributed by atoms with Crippen molar-refractivity contribution in [1.82, 2.24) is 4.98 Å². The van der Waals surface area contributed by atoms with Gasteiger partial charge in [-0.05, 0) is 30.0 Å². The zero-order chi connectivity index (χ0) is 14.4. The zero-order valence-corrected chi connectivity index (χ0v) is 12.0. The molecular weight excluding hydrogens is 274 g/mol. The zero-order valence-electron chi connectivity index (χ0n) is 11.2. The minimum Gasteiger partial charge on any atom is -0.394 e. The van der Waals surface area contributed by atoms with E-state index in [1.807, 2.05) is 18.4 Å². The third kappa shape index (κ3) is 3.79. The third-order valence-electron chi connectivity index (χ3n) is 2.83. The maximum absolute atomic E-state index is 11.9. The van der Waals surface area contributed by atoms with Crippen LogP contribution in [0.2, 0.25) is 0 Å². The van der Waals surface area contributed by atoms with E-state index in [0.29, 0.717) is 16.4 Å². The predicted molar refractivity (Wildman–Crippen MR) is 81.3 cm³/mol. The van der Waals surface area contributed by atoms with Crippen LogP contribution in [0.3, 0.4) is 0 Å². The normalized spacial score (nSPS) is 11.9. The van der Waals surface area contributed by atoms with Gasteiger partial charge in [-0.3, -0.25) is 4.79 Å². The van der Waals surface area contributed by atoms with Gasteiger partial charge in [0, 0.05) is 0 Å². The van der Waals surface area contributed by atoms with E-state index in [4.69, 9.17) is 5.11 Å². The number of hydrogen-bond acceptors (Lipinski definition) is 5. The Hall–Kier alpha value is -1.92. The number of nitrogens with zero attached hydrogens (tertiary/aromatic N) is 1. The van der Waals surface area contributed by atoms with E-state index in [2.05, 4.69) is 15.6 Å². The topological polar surface area (TPSA) is 74.2 Å². The molecule has 2 rings (SSSR count). The number of anilines is 2. The molecule has 0 fully saturated rings. The summed E-state index contributed by atoms with van der Waals surface area (Å²) in [5, 5.41) is 16.9. The van der Waals surface area contributed by atoms with Crippen molar-refractivity contribution < 1.29 is 9.90 Å². The van der Waals surface area contributed by atoms with Gasteiger partial charge in [-0.25, -0.2) is 4.98 Å². The average molecular weight is 291 g/mol. The summed E-state index contributed by atoms with van der Waals surface area (Å²) in [6.07, 6.45) is 2.41. The van der Waals surface area contributed by atoms with Crippen molar-refractivity contribution in [2.45, 2.75) is 19.4 Å². The Balaban J connectivity index is 1.96. The molecule has 2 heterocycles. The molecule has 20 heavy (non-hydrogen) atoms. The number of aliphatic hydroxyl groups is 1. The van der Waals surface area contributed by atoms with Crippen LogP contribution in [0.4, 0.5) is 11.5 Å². The number of carbonyl (C=O) groups excluding carboxylic acids is 1. The Bertz CT molecular complexity index is 536. The Kier molecular flexibility index (Phi) is 5.09. The number of rotatable bonds is 6. The van der Waals surface area contributed by atoms with Crippen LogP contribution in [0, 0.1) is 0 Å². The van der Waals surface area contributed by atoms with Gasteiger partial charge in [0.1, 0.15) is 5.82 Å². The van der Waals surface area contributed by atoms with E-state index < -0.39 is 0 Å². The van der Waals surface area contributed by atoms with Gasteiger partial charge in [0.2, 0.25) is 0 Å². The molecule has 3 N–H and O–H groups in total. The maximum atomic E-state index is 11.9. The lowest BCUT2D eigenvalue weighted by Crippen LogP contribution is -2.23. The fourth-order valence-corrected chi connectivity index (χ4v) is 2.26. The summed E-state index contributed by atoms with van der Waals surface area (Å²) in [4.78, 5) is 16.7. The molecule has 1 amide bonds. The van der Waals surface area contributed by atoms with E-state index in [1.165, 1.54) is 11.3 Å². The quantitative estimate of drug-likeness (QED) is 0.764. The number of amides is 1. The molecule has 0 aliphatic heterocycles. The van der Waals surface area contributed by atoms with Crippen molar-refractivity contribution in [3.05, 3.63) is 40.7 Å². The summed E-state index contributed by atoms with van der Waals surface area (Å²) < 4.78 is 0. The first kappa shape index (κ1) is 14.5. The van der Waals surface area contributed by atoms with E-state index in [-0.39, 0.29) is 18.6 Å². The molecule has 1 unspecified atom stereocenters. The molecule has 0 aromatic carbocycles. The van der Waals surface area contributed by atoms with Crippen molar-refractivity contribution in [2.24, 2.45) is 0 Å². The van der Waals surface area contributed by atoms with Crippen LogP contribution in [0.1, 0.15) is 23.0 Å². The highest BCUT2D eigenvalue weighted by Crippen LogP contribution is 2.14. The van der Waals surface area contributed by atoms with Crippen LogP contribution >= 0.6 is 11.3 Å². The summed E-state index contributed by atoms with van der Waals surface area (Å²) in [7, 11) is 0. The van der Waals surface area contributed by atoms with Crippen LogP contribution in [0.15, 0.2) is 35.8 Å². The Morgan fingerprint density at radius 1 is 1.45 bits per heavy atom. The summed E-state index contributed by atoms with van der Waals surface area (Å²) in [6.45, 7) is 2.05. The smallest absolute Gasteiger partial charge is 0.265 e. The fraction of sp³-hybridized carbons (Fsp3) is 0.286. The van der Waals surface area contributed by atoms with Gasteiger partial charge in [0.15, 0.2) is 0 Å². The van der Waals surface area contributed by atoms with Crippen molar-refractivity contribution in [3.63, 3.8) is 0 Å². The summed E-state index contributed by atoms with van der Waals surface area (Å²) in [5.41, 5.74) is 0.644. The van der Waals surface area contributed by atoms with Gasteiger partial charge in [0.25, 0.3) is 5.91 Å². The van der Waals surface area contributed by atoms with Gasteiger partial charge in [-0.15, -0.1) is 11.3 Å². The van der Waals surface area contributed by atoms with Crippen LogP contribution in [-0.4, -0.2) is 28.6 Å². The Labute approximate surface area is 121 Å². The lowest BCUT2D eigenvalue weighted by Gasteiger charge is -2.14. The van der Waals surface area contributed by atoms with E-state index in [1.54, 1.807) is 24.4 Å². The number of aromatic nitrogens is 1. The highest BCUT2D eigenvalue weighted by atomic mass is 32.1. The number of hydrogen-bond donors (Lipinski definition) is 3. The predicted octanol–water partition coefficient (Wildman–Crippen LogP) is 2.58. The largest absolute Gasteiger partial charge is 0.394 e. The van der Waals surface area contributed by atoms with Crippen molar-refractivity contribution in [2.75, 3.05) is 17.2 Å². The molecule has 6 heteroatoms. The van der Waals surface area contributed by atoms with Gasteiger partial charge in [-0.1, -0.05) is 13.0 Å². The number of aliphatic hydroxyl groups excluding tert-OH is 1. The van der Waals surface area contributed by atoms with Crippen molar-refractivity contribution in [3.8, 4) is 0 Å². The third-order valence-corrected chi connectivity index (χ3v) is 3.70. The second kappa shape index (κ2) is 7.02. The standard InChI is InChI=1S/C14H17N3O2S/c1-2-10(9-18)16-13-6-5-11(8-15-13)17-14(19)12-4-3-7-20-12/h3-8,10,18H,2,9H2,1H3,(H,15,16)(H,17,19). The number of thiophene rings is 1. The highest BCUT2D eigenvalue weighted by molar-refractivity contribution is 7.12. The lowest BCUT2D eigenvalue weighted by molar-refractivity contribution is 0.103. The molecule has 2 aromatic rings. The number of nitrogens with one attached hydrogen (secondary N) is 2. The minimum absolute atomic E-state index is 0.00550. The Morgan fingerprint density at radius 3 is 2.85 bits per heavy atom. The second-order valence-electron chi connectivity index (χ2n) is 4.30. The van der Waals surface area contributed by atoms with E-state index in [9.17, 15) is 4.79 Å². The minimum atomic E-state index is -0.135. The fourth-order valence-electron chi connectivity index (χ4n) is 1.64. The molecule has 1 atom stereocenters. The molecule has 2 aromatic heterocycles. The molecule has 0 aliphatic carbocycles. The molecule has 0 spiro atoms. The molecule has 0 aliphatic rings. The molecule has 0 bridgehead atoms. The summed E-state index contributed by atoms with van der Waals surface area (Å²) in [6, 6.07) is 7.17. The molecule has 5 nitrogen and oxygen atoms in total. The van der Waals surface area contributed by atoms with Gasteiger partial charge >= 0.3 is 0 Å². The number of carbonyl (C=O) groups is 1. The first-order valence-electron chi connectivity index (χ1n) is 6.41. The van der Waals surface area contributed by atoms with Crippen molar-refractivity contribution >= 4 is 28.7 Å². The van der Waals surface area contributed by atoms with Crippen LogP contribution in [0.25, 0.3) is 0 Å². The summed E-state index contributed by atoms with van der Waals surface area (Å²) >= 11 is 1.40. The Morgan fingerprint density at radius 2 is 2.30 bits per heavy atom. The van der Waals surface area contributed by atoms with E-state index in [0.717, 1.165) is 6.42 Å². The highest BCUT2D eigenvalue weighted by Gasteiger charge is 2.08. The first-order valence-corrected chi connectivity index (χ1v) is 7.29. The van der Waals surface area contributed by atoms with Crippen molar-refractivity contribution in [1.29, 1.82) is 0 Å². The molecule has 0 saturated heterocycles. The molecular formula is C14H17N3O2S. The van der Waals surface area contributed by atoms with Gasteiger partial charge in [-0.2, -0.15) is 0 Å². The second-order valence-corrected chi connectivity index (χ2v) is 5.24. The summed E-state index contributed by atoms with van der Waals surface area (Å²) in [5.74, 6) is 0.546. The lowest BCUT2D eigenvalue weighted by atomic mass is 10.2. The van der Waals surface area contributed by atoms with Gasteiger partial charge < -0.3 is 15.7 Å². The molecule has 0 radical (unpaired) electrons. The maximum Gasteiger partial charge on any atom is 0.265 e. The van der Waals surface area contributed by atoms with Crippen LogP contribution < -0.4 is 10.6 Å². The van der Waals surface area contributed by atoms with Crippen LogP contribution in [0.5, 0.6) is 0 Å².